The summed E-state index contributed by atoms with van der Waals surface area (Å²) in [5.74, 6) is 0.540. The third-order valence-corrected chi connectivity index (χ3v) is 2.04. The largest absolute Gasteiger partial charge is 0.427 e. The van der Waals surface area contributed by atoms with Gasteiger partial charge in [-0.3, -0.25) is 4.79 Å². The van der Waals surface area contributed by atoms with E-state index >= 15 is 0 Å². The van der Waals surface area contributed by atoms with Crippen LogP contribution in [-0.2, 0) is 4.79 Å². The van der Waals surface area contributed by atoms with Crippen LogP contribution in [0.1, 0.15) is 32.3 Å². The molecule has 2 nitrogen and oxygen atoms in total. The molecule has 0 fully saturated rings. The molecule has 14 heavy (non-hydrogen) atoms. The summed E-state index contributed by atoms with van der Waals surface area (Å²) in [6.07, 6.45) is 0. The number of hydrogen-bond acceptors (Lipinski definition) is 2. The van der Waals surface area contributed by atoms with Crippen molar-refractivity contribution < 1.29 is 9.53 Å². The Hall–Kier alpha value is -1.02. The zero-order valence-corrected chi connectivity index (χ0v) is 9.26. The summed E-state index contributed by atoms with van der Waals surface area (Å²) in [6.45, 7) is 5.49. The van der Waals surface area contributed by atoms with Crippen molar-refractivity contribution >= 4 is 17.6 Å². The molecule has 1 aromatic rings. The molecule has 0 N–H and O–H groups in total. The van der Waals surface area contributed by atoms with E-state index in [9.17, 15) is 4.79 Å². The molecule has 0 bridgehead atoms. The minimum Gasteiger partial charge on any atom is -0.427 e. The number of benzene rings is 1. The van der Waals surface area contributed by atoms with Gasteiger partial charge in [-0.25, -0.2) is 0 Å². The first-order valence-electron chi connectivity index (χ1n) is 4.48. The van der Waals surface area contributed by atoms with Crippen LogP contribution in [0.4, 0.5) is 0 Å². The highest BCUT2D eigenvalue weighted by Gasteiger charge is 2.05. The van der Waals surface area contributed by atoms with Crippen molar-refractivity contribution in [1.82, 2.24) is 0 Å². The molecule has 0 saturated carbocycles. The highest BCUT2D eigenvalue weighted by molar-refractivity contribution is 6.30. The van der Waals surface area contributed by atoms with Crippen molar-refractivity contribution in [2.24, 2.45) is 0 Å². The summed E-state index contributed by atoms with van der Waals surface area (Å²) in [4.78, 5) is 10.7. The van der Waals surface area contributed by atoms with Crippen molar-refractivity contribution in [3.05, 3.63) is 28.8 Å². The van der Waals surface area contributed by atoms with E-state index in [1.54, 1.807) is 6.07 Å². The molecular formula is C11H13ClO2. The van der Waals surface area contributed by atoms with Crippen molar-refractivity contribution in [2.45, 2.75) is 26.7 Å². The lowest BCUT2D eigenvalue weighted by Gasteiger charge is -2.08. The lowest BCUT2D eigenvalue weighted by molar-refractivity contribution is -0.131. The van der Waals surface area contributed by atoms with Crippen molar-refractivity contribution in [1.29, 1.82) is 0 Å². The van der Waals surface area contributed by atoms with Gasteiger partial charge >= 0.3 is 5.97 Å². The highest BCUT2D eigenvalue weighted by atomic mass is 35.5. The van der Waals surface area contributed by atoms with Gasteiger partial charge in [0, 0.05) is 11.9 Å². The number of rotatable bonds is 2. The second kappa shape index (κ2) is 4.47. The maximum atomic E-state index is 10.7. The maximum absolute atomic E-state index is 10.7. The molecule has 0 spiro atoms. The first-order chi connectivity index (χ1) is 6.49. The van der Waals surface area contributed by atoms with E-state index in [-0.39, 0.29) is 5.97 Å². The van der Waals surface area contributed by atoms with E-state index in [2.05, 4.69) is 13.8 Å². The van der Waals surface area contributed by atoms with Crippen LogP contribution in [0.3, 0.4) is 0 Å². The fraction of sp³-hybridized carbons (Fsp3) is 0.364. The van der Waals surface area contributed by atoms with Gasteiger partial charge in [-0.1, -0.05) is 25.4 Å². The third kappa shape index (κ3) is 3.04. The summed E-state index contributed by atoms with van der Waals surface area (Å²) >= 11 is 5.89. The van der Waals surface area contributed by atoms with Crippen molar-refractivity contribution in [2.75, 3.05) is 0 Å². The number of esters is 1. The Morgan fingerprint density at radius 1 is 1.36 bits per heavy atom. The topological polar surface area (TPSA) is 26.3 Å². The molecule has 0 heterocycles. The van der Waals surface area contributed by atoms with E-state index in [4.69, 9.17) is 16.3 Å². The van der Waals surface area contributed by atoms with Crippen LogP contribution in [0, 0.1) is 0 Å². The van der Waals surface area contributed by atoms with Crippen LogP contribution in [-0.4, -0.2) is 5.97 Å². The van der Waals surface area contributed by atoms with E-state index in [0.29, 0.717) is 16.7 Å². The Morgan fingerprint density at radius 3 is 2.50 bits per heavy atom. The first kappa shape index (κ1) is 11.1. The quantitative estimate of drug-likeness (QED) is 0.555. The minimum atomic E-state index is -0.332. The van der Waals surface area contributed by atoms with E-state index in [1.807, 2.05) is 12.1 Å². The molecule has 1 rings (SSSR count). The average Bonchev–Trinajstić information content (AvgIpc) is 2.01. The number of halogens is 1. The summed E-state index contributed by atoms with van der Waals surface area (Å²) in [7, 11) is 0. The third-order valence-electron chi connectivity index (χ3n) is 1.82. The number of hydrogen-bond donors (Lipinski definition) is 0. The highest BCUT2D eigenvalue weighted by Crippen LogP contribution is 2.25. The van der Waals surface area contributed by atoms with Gasteiger partial charge in [0.15, 0.2) is 0 Å². The first-order valence-corrected chi connectivity index (χ1v) is 4.85. The Labute approximate surface area is 88.8 Å². The van der Waals surface area contributed by atoms with Crippen LogP contribution in [0.25, 0.3) is 0 Å². The summed E-state index contributed by atoms with van der Waals surface area (Å²) in [5.41, 5.74) is 1.06. The molecule has 0 atom stereocenters. The summed E-state index contributed by atoms with van der Waals surface area (Å²) in [5, 5.41) is 0.590. The molecule has 3 heteroatoms. The molecule has 76 valence electrons. The summed E-state index contributed by atoms with van der Waals surface area (Å²) < 4.78 is 4.96. The number of carbonyl (C=O) groups is 1. The van der Waals surface area contributed by atoms with Crippen LogP contribution in [0.15, 0.2) is 18.2 Å². The molecule has 1 aromatic carbocycles. The maximum Gasteiger partial charge on any atom is 0.308 e. The van der Waals surface area contributed by atoms with Crippen molar-refractivity contribution in [3.8, 4) is 5.75 Å². The van der Waals surface area contributed by atoms with Gasteiger partial charge < -0.3 is 4.74 Å². The van der Waals surface area contributed by atoms with Crippen LogP contribution in [0.5, 0.6) is 5.75 Å². The number of ether oxygens (including phenoxy) is 1. The number of carbonyl (C=O) groups excluding carboxylic acids is 1. The van der Waals surface area contributed by atoms with Gasteiger partial charge in [0.1, 0.15) is 5.75 Å². The second-order valence-electron chi connectivity index (χ2n) is 3.47. The molecule has 0 aromatic heterocycles. The van der Waals surface area contributed by atoms with Crippen LogP contribution in [0.2, 0.25) is 5.02 Å². The van der Waals surface area contributed by atoms with E-state index < -0.39 is 0 Å². The Kier molecular flexibility index (Phi) is 3.53. The molecule has 0 aliphatic heterocycles. The summed E-state index contributed by atoms with van der Waals surface area (Å²) in [6, 6.07) is 5.34. The zero-order chi connectivity index (χ0) is 10.7. The SMILES string of the molecule is CC(=O)Oc1cc(Cl)cc(C(C)C)c1. The zero-order valence-electron chi connectivity index (χ0n) is 8.50. The van der Waals surface area contributed by atoms with Gasteiger partial charge in [0.2, 0.25) is 0 Å². The fourth-order valence-corrected chi connectivity index (χ4v) is 1.38. The smallest absolute Gasteiger partial charge is 0.308 e. The van der Waals surface area contributed by atoms with Gasteiger partial charge in [-0.05, 0) is 29.7 Å². The Morgan fingerprint density at radius 2 is 2.00 bits per heavy atom. The Bertz CT molecular complexity index is 345. The molecule has 0 amide bonds. The van der Waals surface area contributed by atoms with Crippen LogP contribution < -0.4 is 4.74 Å². The van der Waals surface area contributed by atoms with Crippen molar-refractivity contribution in [3.63, 3.8) is 0 Å². The van der Waals surface area contributed by atoms with E-state index in [1.165, 1.54) is 6.92 Å². The van der Waals surface area contributed by atoms with E-state index in [0.717, 1.165) is 5.56 Å². The fourth-order valence-electron chi connectivity index (χ4n) is 1.14. The normalized spacial score (nSPS) is 10.4. The molecular weight excluding hydrogens is 200 g/mol. The molecule has 0 unspecified atom stereocenters. The Balaban J connectivity index is 3.01. The molecule has 0 aliphatic rings. The standard InChI is InChI=1S/C11H13ClO2/c1-7(2)9-4-10(12)6-11(5-9)14-8(3)13/h4-7H,1-3H3. The van der Waals surface area contributed by atoms with Gasteiger partial charge in [0.05, 0.1) is 0 Å². The predicted molar refractivity (Wildman–Crippen MR) is 56.9 cm³/mol. The molecule has 0 saturated heterocycles. The predicted octanol–water partition coefficient (Wildman–Crippen LogP) is 3.39. The minimum absolute atomic E-state index is 0.332. The molecule has 0 radical (unpaired) electrons. The second-order valence-corrected chi connectivity index (χ2v) is 3.91. The average molecular weight is 213 g/mol. The lowest BCUT2D eigenvalue weighted by Crippen LogP contribution is -2.02. The van der Waals surface area contributed by atoms with Gasteiger partial charge in [-0.2, -0.15) is 0 Å². The lowest BCUT2D eigenvalue weighted by atomic mass is 10.0. The van der Waals surface area contributed by atoms with Gasteiger partial charge in [-0.15, -0.1) is 0 Å². The monoisotopic (exact) mass is 212 g/mol. The van der Waals surface area contributed by atoms with Gasteiger partial charge in [0.25, 0.3) is 0 Å². The molecule has 0 aliphatic carbocycles. The van der Waals surface area contributed by atoms with Crippen LogP contribution >= 0.6 is 11.6 Å².